The molecule has 1 nitrogen and oxygen atoms in total. The van der Waals surface area contributed by atoms with Crippen LogP contribution in [0.15, 0.2) is 24.3 Å². The summed E-state index contributed by atoms with van der Waals surface area (Å²) in [5.74, 6) is 0.923. The first-order chi connectivity index (χ1) is 9.81. The van der Waals surface area contributed by atoms with Crippen molar-refractivity contribution in [3.05, 3.63) is 35.4 Å². The van der Waals surface area contributed by atoms with E-state index in [0.717, 1.165) is 12.5 Å². The molecule has 1 aromatic carbocycles. The van der Waals surface area contributed by atoms with E-state index in [1.54, 1.807) is 0 Å². The molecule has 0 amide bonds. The zero-order chi connectivity index (χ0) is 14.2. The molecule has 20 heavy (non-hydrogen) atoms. The summed E-state index contributed by atoms with van der Waals surface area (Å²) in [7, 11) is 0. The van der Waals surface area contributed by atoms with Gasteiger partial charge in [-0.15, -0.1) is 0 Å². The van der Waals surface area contributed by atoms with Gasteiger partial charge in [-0.3, -0.25) is 0 Å². The minimum atomic E-state index is 0.555. The van der Waals surface area contributed by atoms with Crippen LogP contribution in [0.2, 0.25) is 0 Å². The molecule has 0 aliphatic heterocycles. The number of aryl methyl sites for hydroxylation is 1. The van der Waals surface area contributed by atoms with Crippen LogP contribution in [0.1, 0.15) is 75.5 Å². The summed E-state index contributed by atoms with van der Waals surface area (Å²) in [5.41, 5.74) is 2.96. The molecule has 0 heterocycles. The van der Waals surface area contributed by atoms with E-state index in [2.05, 4.69) is 43.4 Å². The summed E-state index contributed by atoms with van der Waals surface area (Å²) < 4.78 is 0. The zero-order valence-corrected chi connectivity index (χ0v) is 13.3. The van der Waals surface area contributed by atoms with Gasteiger partial charge in [0.05, 0.1) is 0 Å². The highest BCUT2D eigenvalue weighted by Crippen LogP contribution is 2.32. The minimum Gasteiger partial charge on any atom is -0.310 e. The van der Waals surface area contributed by atoms with Gasteiger partial charge in [0.15, 0.2) is 0 Å². The van der Waals surface area contributed by atoms with Gasteiger partial charge in [-0.25, -0.2) is 0 Å². The lowest BCUT2D eigenvalue weighted by molar-refractivity contribution is 0.355. The SMILES string of the molecule is CCCNC(CC1CCCCCC1)c1ccccc1C. The molecule has 1 heteroatoms. The molecule has 1 N–H and O–H groups in total. The molecule has 1 saturated carbocycles. The largest absolute Gasteiger partial charge is 0.310 e. The Morgan fingerprint density at radius 1 is 1.10 bits per heavy atom. The molecule has 1 aliphatic carbocycles. The summed E-state index contributed by atoms with van der Waals surface area (Å²) in [4.78, 5) is 0. The van der Waals surface area contributed by atoms with Gasteiger partial charge in [0.1, 0.15) is 0 Å². The fourth-order valence-electron chi connectivity index (χ4n) is 3.55. The van der Waals surface area contributed by atoms with Gasteiger partial charge < -0.3 is 5.32 Å². The van der Waals surface area contributed by atoms with Crippen LogP contribution in [0.4, 0.5) is 0 Å². The van der Waals surface area contributed by atoms with Gasteiger partial charge in [0.2, 0.25) is 0 Å². The van der Waals surface area contributed by atoms with E-state index in [1.807, 2.05) is 0 Å². The lowest BCUT2D eigenvalue weighted by Gasteiger charge is -2.25. The molecule has 0 bridgehead atoms. The number of nitrogens with one attached hydrogen (secondary N) is 1. The summed E-state index contributed by atoms with van der Waals surface area (Å²) in [6.07, 6.45) is 11.2. The first kappa shape index (κ1) is 15.6. The van der Waals surface area contributed by atoms with Crippen molar-refractivity contribution in [1.82, 2.24) is 5.32 Å². The molecule has 1 unspecified atom stereocenters. The average molecular weight is 273 g/mol. The second-order valence-corrected chi connectivity index (χ2v) is 6.46. The molecule has 1 aliphatic rings. The van der Waals surface area contributed by atoms with Crippen LogP contribution >= 0.6 is 0 Å². The van der Waals surface area contributed by atoms with Crippen LogP contribution in [-0.2, 0) is 0 Å². The Labute approximate surface area is 125 Å². The standard InChI is InChI=1S/C19H31N/c1-3-14-20-19(18-13-9-8-10-16(18)2)15-17-11-6-4-5-7-12-17/h8-10,13,17,19-20H,3-7,11-12,14-15H2,1-2H3. The van der Waals surface area contributed by atoms with Crippen molar-refractivity contribution < 1.29 is 0 Å². The monoisotopic (exact) mass is 273 g/mol. The van der Waals surface area contributed by atoms with Crippen molar-refractivity contribution >= 4 is 0 Å². The van der Waals surface area contributed by atoms with E-state index in [-0.39, 0.29) is 0 Å². The fourth-order valence-corrected chi connectivity index (χ4v) is 3.55. The highest BCUT2D eigenvalue weighted by molar-refractivity contribution is 5.28. The van der Waals surface area contributed by atoms with Crippen molar-refractivity contribution in [2.45, 2.75) is 71.3 Å². The molecule has 112 valence electrons. The third kappa shape index (κ3) is 4.63. The molecule has 1 fully saturated rings. The van der Waals surface area contributed by atoms with Crippen LogP contribution in [-0.4, -0.2) is 6.54 Å². The minimum absolute atomic E-state index is 0.555. The molecule has 0 aromatic heterocycles. The predicted molar refractivity (Wildman–Crippen MR) is 88.0 cm³/mol. The maximum atomic E-state index is 3.79. The quantitative estimate of drug-likeness (QED) is 0.685. The lowest BCUT2D eigenvalue weighted by atomic mass is 9.88. The van der Waals surface area contributed by atoms with Gasteiger partial charge in [0, 0.05) is 6.04 Å². The Bertz CT molecular complexity index is 377. The third-order valence-corrected chi connectivity index (χ3v) is 4.75. The molecule has 1 atom stereocenters. The van der Waals surface area contributed by atoms with Crippen molar-refractivity contribution in [3.8, 4) is 0 Å². The van der Waals surface area contributed by atoms with Crippen LogP contribution in [0.25, 0.3) is 0 Å². The molecular weight excluding hydrogens is 242 g/mol. The lowest BCUT2D eigenvalue weighted by Crippen LogP contribution is -2.25. The number of benzene rings is 1. The molecular formula is C19H31N. The maximum Gasteiger partial charge on any atom is 0.0325 e. The Balaban J connectivity index is 2.04. The normalized spacial score (nSPS) is 18.7. The first-order valence-electron chi connectivity index (χ1n) is 8.60. The number of rotatable bonds is 6. The average Bonchev–Trinajstić information content (AvgIpc) is 2.73. The molecule has 0 spiro atoms. The fraction of sp³-hybridized carbons (Fsp3) is 0.684. The topological polar surface area (TPSA) is 12.0 Å². The van der Waals surface area contributed by atoms with Gasteiger partial charge in [-0.1, -0.05) is 69.7 Å². The maximum absolute atomic E-state index is 3.79. The summed E-state index contributed by atoms with van der Waals surface area (Å²) >= 11 is 0. The van der Waals surface area contributed by atoms with Crippen molar-refractivity contribution in [3.63, 3.8) is 0 Å². The van der Waals surface area contributed by atoms with E-state index in [4.69, 9.17) is 0 Å². The van der Waals surface area contributed by atoms with Crippen molar-refractivity contribution in [1.29, 1.82) is 0 Å². The number of hydrogen-bond acceptors (Lipinski definition) is 1. The van der Waals surface area contributed by atoms with Crippen LogP contribution in [0, 0.1) is 12.8 Å². The molecule has 2 rings (SSSR count). The number of hydrogen-bond donors (Lipinski definition) is 1. The van der Waals surface area contributed by atoms with Gasteiger partial charge in [-0.2, -0.15) is 0 Å². The van der Waals surface area contributed by atoms with E-state index < -0.39 is 0 Å². The van der Waals surface area contributed by atoms with Gasteiger partial charge in [0.25, 0.3) is 0 Å². The van der Waals surface area contributed by atoms with Gasteiger partial charge in [-0.05, 0) is 43.4 Å². The predicted octanol–water partition coefficient (Wildman–Crippen LogP) is 5.40. The van der Waals surface area contributed by atoms with E-state index in [1.165, 1.54) is 62.5 Å². The Hall–Kier alpha value is -0.820. The third-order valence-electron chi connectivity index (χ3n) is 4.75. The van der Waals surface area contributed by atoms with E-state index in [0.29, 0.717) is 6.04 Å². The second kappa shape index (κ2) is 8.46. The van der Waals surface area contributed by atoms with Gasteiger partial charge >= 0.3 is 0 Å². The first-order valence-corrected chi connectivity index (χ1v) is 8.60. The summed E-state index contributed by atoms with van der Waals surface area (Å²) in [6, 6.07) is 9.47. The summed E-state index contributed by atoms with van der Waals surface area (Å²) in [6.45, 7) is 5.64. The van der Waals surface area contributed by atoms with Crippen molar-refractivity contribution in [2.24, 2.45) is 5.92 Å². The van der Waals surface area contributed by atoms with E-state index >= 15 is 0 Å². The van der Waals surface area contributed by atoms with Crippen molar-refractivity contribution in [2.75, 3.05) is 6.54 Å². The Morgan fingerprint density at radius 2 is 1.80 bits per heavy atom. The zero-order valence-electron chi connectivity index (χ0n) is 13.3. The Kier molecular flexibility index (Phi) is 6.59. The molecule has 0 saturated heterocycles. The van der Waals surface area contributed by atoms with Crippen LogP contribution in [0.3, 0.4) is 0 Å². The van der Waals surface area contributed by atoms with Crippen LogP contribution < -0.4 is 5.32 Å². The molecule has 1 aromatic rings. The Morgan fingerprint density at radius 3 is 2.45 bits per heavy atom. The highest BCUT2D eigenvalue weighted by Gasteiger charge is 2.20. The van der Waals surface area contributed by atoms with Crippen LogP contribution in [0.5, 0.6) is 0 Å². The highest BCUT2D eigenvalue weighted by atomic mass is 14.9. The smallest absolute Gasteiger partial charge is 0.0325 e. The van der Waals surface area contributed by atoms with E-state index in [9.17, 15) is 0 Å². The summed E-state index contributed by atoms with van der Waals surface area (Å²) in [5, 5.41) is 3.79. The second-order valence-electron chi connectivity index (χ2n) is 6.46. The molecule has 0 radical (unpaired) electrons.